The Kier molecular flexibility index (Phi) is 4.44. The predicted molar refractivity (Wildman–Crippen MR) is 75.0 cm³/mol. The summed E-state index contributed by atoms with van der Waals surface area (Å²) in [7, 11) is 0. The van der Waals surface area contributed by atoms with Crippen molar-refractivity contribution in [3.05, 3.63) is 34.1 Å². The molecule has 0 radical (unpaired) electrons. The molecule has 0 heterocycles. The van der Waals surface area contributed by atoms with E-state index in [9.17, 15) is 9.50 Å². The van der Waals surface area contributed by atoms with Crippen molar-refractivity contribution in [2.24, 2.45) is 5.92 Å². The van der Waals surface area contributed by atoms with Crippen molar-refractivity contribution in [3.63, 3.8) is 0 Å². The van der Waals surface area contributed by atoms with Gasteiger partial charge in [-0.25, -0.2) is 4.39 Å². The van der Waals surface area contributed by atoms with E-state index in [0.29, 0.717) is 12.0 Å². The fraction of sp³-hybridized carbons (Fsp3) is 0.600. The fourth-order valence-electron chi connectivity index (χ4n) is 2.83. The van der Waals surface area contributed by atoms with E-state index >= 15 is 0 Å². The molecule has 3 heteroatoms. The first-order valence-electron chi connectivity index (χ1n) is 6.69. The van der Waals surface area contributed by atoms with E-state index in [0.717, 1.165) is 36.1 Å². The summed E-state index contributed by atoms with van der Waals surface area (Å²) in [6.45, 7) is 2.20. The van der Waals surface area contributed by atoms with Crippen molar-refractivity contribution >= 4 is 15.9 Å². The number of benzene rings is 1. The second-order valence-electron chi connectivity index (χ2n) is 5.49. The van der Waals surface area contributed by atoms with Crippen molar-refractivity contribution in [2.45, 2.75) is 51.0 Å². The number of rotatable bonds is 3. The van der Waals surface area contributed by atoms with Gasteiger partial charge in [0.05, 0.1) is 5.60 Å². The van der Waals surface area contributed by atoms with E-state index < -0.39 is 5.60 Å². The molecule has 1 fully saturated rings. The van der Waals surface area contributed by atoms with Gasteiger partial charge in [-0.05, 0) is 55.4 Å². The Bertz CT molecular complexity index is 411. The topological polar surface area (TPSA) is 20.2 Å². The van der Waals surface area contributed by atoms with Crippen LogP contribution in [0.2, 0.25) is 0 Å². The lowest BCUT2D eigenvalue weighted by Gasteiger charge is -2.36. The van der Waals surface area contributed by atoms with E-state index in [2.05, 4.69) is 22.9 Å². The fourth-order valence-corrected chi connectivity index (χ4v) is 3.24. The van der Waals surface area contributed by atoms with Gasteiger partial charge in [-0.15, -0.1) is 0 Å². The minimum Gasteiger partial charge on any atom is -0.390 e. The van der Waals surface area contributed by atoms with E-state index in [4.69, 9.17) is 0 Å². The molecule has 0 atom stereocenters. The molecule has 18 heavy (non-hydrogen) atoms. The molecule has 100 valence electrons. The number of halogens is 2. The number of hydrogen-bond donors (Lipinski definition) is 1. The summed E-state index contributed by atoms with van der Waals surface area (Å²) < 4.78 is 14.6. The Labute approximate surface area is 117 Å². The van der Waals surface area contributed by atoms with Gasteiger partial charge in [0.15, 0.2) is 0 Å². The highest BCUT2D eigenvalue weighted by molar-refractivity contribution is 9.10. The van der Waals surface area contributed by atoms with Crippen molar-refractivity contribution < 1.29 is 9.50 Å². The summed E-state index contributed by atoms with van der Waals surface area (Å²) in [4.78, 5) is 0. The molecule has 0 spiro atoms. The summed E-state index contributed by atoms with van der Waals surface area (Å²) in [5.41, 5.74) is -0.102. The highest BCUT2D eigenvalue weighted by Gasteiger charge is 2.33. The standard InChI is InChI=1S/C15H20BrFO/c1-2-11-5-7-15(18,8-6-11)10-12-9-13(16)3-4-14(12)17/h3-4,9,11,18H,2,5-8,10H2,1H3. The molecule has 2 rings (SSSR count). The lowest BCUT2D eigenvalue weighted by molar-refractivity contribution is -0.00985. The van der Waals surface area contributed by atoms with Crippen LogP contribution < -0.4 is 0 Å². The Morgan fingerprint density at radius 1 is 1.39 bits per heavy atom. The van der Waals surface area contributed by atoms with Gasteiger partial charge in [0.25, 0.3) is 0 Å². The van der Waals surface area contributed by atoms with Crippen LogP contribution in [0.4, 0.5) is 4.39 Å². The normalized spacial score (nSPS) is 28.3. The van der Waals surface area contributed by atoms with Crippen molar-refractivity contribution in [1.82, 2.24) is 0 Å². The largest absolute Gasteiger partial charge is 0.390 e. The Balaban J connectivity index is 2.06. The van der Waals surface area contributed by atoms with Crippen LogP contribution in [0.15, 0.2) is 22.7 Å². The zero-order valence-corrected chi connectivity index (χ0v) is 12.3. The molecule has 0 amide bonds. The lowest BCUT2D eigenvalue weighted by Crippen LogP contribution is -2.36. The van der Waals surface area contributed by atoms with E-state index in [1.54, 1.807) is 12.1 Å². The summed E-state index contributed by atoms with van der Waals surface area (Å²) in [5, 5.41) is 10.6. The Morgan fingerprint density at radius 2 is 2.06 bits per heavy atom. The van der Waals surface area contributed by atoms with E-state index in [1.165, 1.54) is 12.5 Å². The van der Waals surface area contributed by atoms with Crippen molar-refractivity contribution in [1.29, 1.82) is 0 Å². The van der Waals surface area contributed by atoms with Gasteiger partial charge in [-0.3, -0.25) is 0 Å². The van der Waals surface area contributed by atoms with E-state index in [1.807, 2.05) is 0 Å². The van der Waals surface area contributed by atoms with Crippen LogP contribution in [-0.2, 0) is 6.42 Å². The molecule has 0 saturated heterocycles. The van der Waals surface area contributed by atoms with Gasteiger partial charge in [0.2, 0.25) is 0 Å². The number of aliphatic hydroxyl groups is 1. The third kappa shape index (κ3) is 3.33. The van der Waals surface area contributed by atoms with Crippen LogP contribution in [0.1, 0.15) is 44.6 Å². The second kappa shape index (κ2) is 5.70. The molecule has 1 aliphatic carbocycles. The monoisotopic (exact) mass is 314 g/mol. The van der Waals surface area contributed by atoms with Gasteiger partial charge in [0, 0.05) is 10.9 Å². The first-order valence-corrected chi connectivity index (χ1v) is 7.48. The average Bonchev–Trinajstić information content (AvgIpc) is 2.35. The van der Waals surface area contributed by atoms with Crippen LogP contribution >= 0.6 is 15.9 Å². The van der Waals surface area contributed by atoms with Gasteiger partial charge in [-0.2, -0.15) is 0 Å². The van der Waals surface area contributed by atoms with Crippen LogP contribution in [-0.4, -0.2) is 10.7 Å². The predicted octanol–water partition coefficient (Wildman–Crippen LogP) is 4.46. The quantitative estimate of drug-likeness (QED) is 0.873. The first-order chi connectivity index (χ1) is 8.52. The van der Waals surface area contributed by atoms with Crippen LogP contribution in [0, 0.1) is 11.7 Å². The molecule has 0 bridgehead atoms. The maximum atomic E-state index is 13.7. The SMILES string of the molecule is CCC1CCC(O)(Cc2cc(Br)ccc2F)CC1. The molecule has 0 unspecified atom stereocenters. The molecule has 1 saturated carbocycles. The van der Waals surface area contributed by atoms with Gasteiger partial charge < -0.3 is 5.11 Å². The molecule has 0 aromatic heterocycles. The van der Waals surface area contributed by atoms with Crippen LogP contribution in [0.5, 0.6) is 0 Å². The smallest absolute Gasteiger partial charge is 0.126 e. The molecular weight excluding hydrogens is 295 g/mol. The minimum atomic E-state index is -0.715. The Hall–Kier alpha value is -0.410. The summed E-state index contributed by atoms with van der Waals surface area (Å²) in [6, 6.07) is 4.93. The first kappa shape index (κ1) is 14.0. The van der Waals surface area contributed by atoms with Gasteiger partial charge in [0.1, 0.15) is 5.82 Å². The van der Waals surface area contributed by atoms with Crippen LogP contribution in [0.3, 0.4) is 0 Å². The highest BCUT2D eigenvalue weighted by atomic mass is 79.9. The maximum absolute atomic E-state index is 13.7. The van der Waals surface area contributed by atoms with Crippen LogP contribution in [0.25, 0.3) is 0 Å². The Morgan fingerprint density at radius 3 is 2.67 bits per heavy atom. The third-order valence-corrected chi connectivity index (χ3v) is 4.63. The summed E-state index contributed by atoms with van der Waals surface area (Å²) >= 11 is 3.35. The minimum absolute atomic E-state index is 0.218. The molecule has 0 aliphatic heterocycles. The zero-order chi connectivity index (χ0) is 13.2. The summed E-state index contributed by atoms with van der Waals surface area (Å²) in [5.74, 6) is 0.516. The zero-order valence-electron chi connectivity index (χ0n) is 10.8. The molecule has 1 nitrogen and oxygen atoms in total. The third-order valence-electron chi connectivity index (χ3n) is 4.14. The lowest BCUT2D eigenvalue weighted by atomic mass is 9.75. The summed E-state index contributed by atoms with van der Waals surface area (Å²) in [6.07, 6.45) is 5.30. The van der Waals surface area contributed by atoms with Crippen molar-refractivity contribution in [2.75, 3.05) is 0 Å². The highest BCUT2D eigenvalue weighted by Crippen LogP contribution is 2.36. The molecule has 1 aliphatic rings. The second-order valence-corrected chi connectivity index (χ2v) is 6.40. The molecule has 1 N–H and O–H groups in total. The van der Waals surface area contributed by atoms with Crippen molar-refractivity contribution in [3.8, 4) is 0 Å². The molecule has 1 aromatic rings. The average molecular weight is 315 g/mol. The van der Waals surface area contributed by atoms with Gasteiger partial charge in [-0.1, -0.05) is 29.3 Å². The van der Waals surface area contributed by atoms with Gasteiger partial charge >= 0.3 is 0 Å². The number of hydrogen-bond acceptors (Lipinski definition) is 1. The van der Waals surface area contributed by atoms with E-state index in [-0.39, 0.29) is 5.82 Å². The molecule has 1 aromatic carbocycles. The maximum Gasteiger partial charge on any atom is 0.126 e. The molecular formula is C15H20BrFO.